The highest BCUT2D eigenvalue weighted by Gasteiger charge is 2.22. The molecular weight excluding hydrogens is 751 g/mol. The van der Waals surface area contributed by atoms with E-state index in [4.69, 9.17) is 4.74 Å². The number of hydrogen-bond donors (Lipinski definition) is 0. The number of fused-ring (bicyclic) bond motifs is 4. The fourth-order valence-corrected chi connectivity index (χ4v) is 9.50. The molecular formula is C60H39NO. The predicted octanol–water partition coefficient (Wildman–Crippen LogP) is 17.1. The standard InChI is InChI=1S/C60H39NO/c1-3-20-50-42(12-1)14-9-23-52(50)44-30-28-40(29-31-44)41-32-34-47(35-33-41)61(48-18-7-16-45(38-48)53-24-10-15-43-13-2-4-21-51(43)53)49-19-8-17-46(39-49)54-36-37-59-60-56(54)25-11-26-57(60)55-22-5-6-27-58(55)62-59/h1-39H. The molecule has 0 saturated carbocycles. The van der Waals surface area contributed by atoms with Gasteiger partial charge in [-0.15, -0.1) is 0 Å². The van der Waals surface area contributed by atoms with Crippen LogP contribution in [-0.2, 0) is 0 Å². The molecule has 0 amide bonds. The fourth-order valence-electron chi connectivity index (χ4n) is 9.50. The van der Waals surface area contributed by atoms with Crippen molar-refractivity contribution in [2.24, 2.45) is 0 Å². The Balaban J connectivity index is 0.960. The number of hydrogen-bond acceptors (Lipinski definition) is 2. The van der Waals surface area contributed by atoms with Gasteiger partial charge in [-0.1, -0.05) is 188 Å². The van der Waals surface area contributed by atoms with E-state index in [0.717, 1.165) is 45.1 Å². The molecule has 1 heterocycles. The van der Waals surface area contributed by atoms with Crippen molar-refractivity contribution in [3.63, 3.8) is 0 Å². The summed E-state index contributed by atoms with van der Waals surface area (Å²) in [5.74, 6) is 1.79. The summed E-state index contributed by atoms with van der Waals surface area (Å²) < 4.78 is 6.47. The topological polar surface area (TPSA) is 12.5 Å². The average molecular weight is 790 g/mol. The van der Waals surface area contributed by atoms with Crippen LogP contribution >= 0.6 is 0 Å². The van der Waals surface area contributed by atoms with Gasteiger partial charge in [-0.2, -0.15) is 0 Å². The van der Waals surface area contributed by atoms with E-state index in [2.05, 4.69) is 229 Å². The Hall–Kier alpha value is -8.20. The maximum absolute atomic E-state index is 6.47. The highest BCUT2D eigenvalue weighted by Crippen LogP contribution is 2.49. The van der Waals surface area contributed by atoms with Gasteiger partial charge in [-0.05, 0) is 126 Å². The molecule has 2 heteroatoms. The van der Waals surface area contributed by atoms with Gasteiger partial charge in [-0.25, -0.2) is 0 Å². The van der Waals surface area contributed by atoms with Crippen molar-refractivity contribution in [1.29, 1.82) is 0 Å². The molecule has 0 N–H and O–H groups in total. The molecule has 0 unspecified atom stereocenters. The van der Waals surface area contributed by atoms with E-state index in [1.165, 1.54) is 71.4 Å². The lowest BCUT2D eigenvalue weighted by molar-refractivity contribution is 0.487. The number of nitrogens with zero attached hydrogens (tertiary/aromatic N) is 1. The molecule has 62 heavy (non-hydrogen) atoms. The second-order valence-electron chi connectivity index (χ2n) is 16.1. The van der Waals surface area contributed by atoms with E-state index in [1.54, 1.807) is 0 Å². The summed E-state index contributed by atoms with van der Waals surface area (Å²) in [6.07, 6.45) is 0. The minimum Gasteiger partial charge on any atom is -0.456 e. The van der Waals surface area contributed by atoms with Gasteiger partial charge >= 0.3 is 0 Å². The van der Waals surface area contributed by atoms with Crippen LogP contribution in [0.5, 0.6) is 11.5 Å². The Labute approximate surface area is 361 Å². The van der Waals surface area contributed by atoms with Gasteiger partial charge in [0.05, 0.1) is 0 Å². The third kappa shape index (κ3) is 6.12. The molecule has 0 saturated heterocycles. The Morgan fingerprint density at radius 1 is 0.258 bits per heavy atom. The van der Waals surface area contributed by atoms with Crippen LogP contribution in [0.1, 0.15) is 0 Å². The Morgan fingerprint density at radius 3 is 1.40 bits per heavy atom. The van der Waals surface area contributed by atoms with E-state index in [9.17, 15) is 0 Å². The summed E-state index contributed by atoms with van der Waals surface area (Å²) >= 11 is 0. The maximum Gasteiger partial charge on any atom is 0.135 e. The summed E-state index contributed by atoms with van der Waals surface area (Å²) in [7, 11) is 0. The van der Waals surface area contributed by atoms with Crippen LogP contribution in [0, 0.1) is 0 Å². The Kier molecular flexibility index (Phi) is 8.53. The minimum absolute atomic E-state index is 0.893. The third-order valence-electron chi connectivity index (χ3n) is 12.5. The Bertz CT molecular complexity index is 3480. The van der Waals surface area contributed by atoms with Crippen LogP contribution in [0.2, 0.25) is 0 Å². The summed E-state index contributed by atoms with van der Waals surface area (Å²) in [5.41, 5.74) is 15.1. The molecule has 2 nitrogen and oxygen atoms in total. The van der Waals surface area contributed by atoms with Gasteiger partial charge in [0, 0.05) is 28.0 Å². The lowest BCUT2D eigenvalue weighted by Crippen LogP contribution is -2.10. The summed E-state index contributed by atoms with van der Waals surface area (Å²) in [4.78, 5) is 2.38. The minimum atomic E-state index is 0.893. The van der Waals surface area contributed by atoms with E-state index < -0.39 is 0 Å². The number of ether oxygens (including phenoxy) is 1. The molecule has 11 aromatic carbocycles. The lowest BCUT2D eigenvalue weighted by atomic mass is 9.90. The van der Waals surface area contributed by atoms with Crippen molar-refractivity contribution in [2.45, 2.75) is 0 Å². The van der Waals surface area contributed by atoms with Crippen molar-refractivity contribution in [1.82, 2.24) is 0 Å². The number of anilines is 3. The van der Waals surface area contributed by atoms with Crippen molar-refractivity contribution in [3.8, 4) is 67.1 Å². The molecule has 1 aliphatic heterocycles. The van der Waals surface area contributed by atoms with Gasteiger partial charge < -0.3 is 9.64 Å². The van der Waals surface area contributed by atoms with E-state index in [-0.39, 0.29) is 0 Å². The van der Waals surface area contributed by atoms with Gasteiger partial charge in [0.15, 0.2) is 0 Å². The number of para-hydroxylation sites is 1. The summed E-state index contributed by atoms with van der Waals surface area (Å²) in [5, 5.41) is 7.32. The van der Waals surface area contributed by atoms with Crippen LogP contribution in [0.4, 0.5) is 17.1 Å². The third-order valence-corrected chi connectivity index (χ3v) is 12.5. The van der Waals surface area contributed by atoms with Crippen molar-refractivity contribution in [3.05, 3.63) is 237 Å². The lowest BCUT2D eigenvalue weighted by Gasteiger charge is -2.27. The highest BCUT2D eigenvalue weighted by molar-refractivity contribution is 6.10. The second-order valence-corrected chi connectivity index (χ2v) is 16.1. The first kappa shape index (κ1) is 35.7. The van der Waals surface area contributed by atoms with Crippen LogP contribution in [0.3, 0.4) is 0 Å². The summed E-state index contributed by atoms with van der Waals surface area (Å²) in [6.45, 7) is 0. The molecule has 290 valence electrons. The quantitative estimate of drug-likeness (QED) is 0.159. The maximum atomic E-state index is 6.47. The first-order valence-electron chi connectivity index (χ1n) is 21.2. The van der Waals surface area contributed by atoms with Crippen LogP contribution in [-0.4, -0.2) is 0 Å². The first-order valence-corrected chi connectivity index (χ1v) is 21.2. The molecule has 0 fully saturated rings. The first-order chi connectivity index (χ1) is 30.7. The molecule has 0 spiro atoms. The van der Waals surface area contributed by atoms with E-state index >= 15 is 0 Å². The predicted molar refractivity (Wildman–Crippen MR) is 261 cm³/mol. The van der Waals surface area contributed by atoms with Gasteiger partial charge in [0.25, 0.3) is 0 Å². The van der Waals surface area contributed by atoms with Crippen molar-refractivity contribution >= 4 is 49.4 Å². The second kappa shape index (κ2) is 14.8. The van der Waals surface area contributed by atoms with Gasteiger partial charge in [-0.3, -0.25) is 0 Å². The molecule has 0 aromatic heterocycles. The zero-order valence-electron chi connectivity index (χ0n) is 33.9. The van der Waals surface area contributed by atoms with Crippen molar-refractivity contribution < 1.29 is 4.74 Å². The fraction of sp³-hybridized carbons (Fsp3) is 0. The molecule has 11 aromatic rings. The molecule has 12 rings (SSSR count). The van der Waals surface area contributed by atoms with Crippen LogP contribution < -0.4 is 9.64 Å². The SMILES string of the molecule is c1cc(-c2cccc3ccccc23)cc(N(c2ccc(-c3ccc(-c4cccc5ccccc45)cc3)cc2)c2cccc(-c3ccc4c5c(cccc35)-c3ccccc3O4)c2)c1. The smallest absolute Gasteiger partial charge is 0.135 e. The van der Waals surface area contributed by atoms with E-state index in [0.29, 0.717) is 0 Å². The van der Waals surface area contributed by atoms with E-state index in [1.807, 2.05) is 12.1 Å². The molecule has 0 bridgehead atoms. The zero-order chi connectivity index (χ0) is 41.0. The van der Waals surface area contributed by atoms with Gasteiger partial charge in [0.2, 0.25) is 0 Å². The molecule has 0 atom stereocenters. The highest BCUT2D eigenvalue weighted by atomic mass is 16.5. The van der Waals surface area contributed by atoms with Crippen molar-refractivity contribution in [2.75, 3.05) is 4.90 Å². The largest absolute Gasteiger partial charge is 0.456 e. The molecule has 0 radical (unpaired) electrons. The summed E-state index contributed by atoms with van der Waals surface area (Å²) in [6, 6.07) is 85.5. The molecule has 0 aliphatic carbocycles. The molecule has 1 aliphatic rings. The van der Waals surface area contributed by atoms with Gasteiger partial charge in [0.1, 0.15) is 11.5 Å². The average Bonchev–Trinajstić information content (AvgIpc) is 3.34. The van der Waals surface area contributed by atoms with Crippen LogP contribution in [0.15, 0.2) is 237 Å². The monoisotopic (exact) mass is 789 g/mol. The number of rotatable bonds is 7. The number of benzene rings is 11. The zero-order valence-corrected chi connectivity index (χ0v) is 33.9. The normalized spacial score (nSPS) is 11.7. The van der Waals surface area contributed by atoms with Crippen LogP contribution in [0.25, 0.3) is 88.0 Å². The Morgan fingerprint density at radius 2 is 0.726 bits per heavy atom.